The average molecular weight is 657 g/mol. The van der Waals surface area contributed by atoms with E-state index < -0.39 is 85.6 Å². The predicted molar refractivity (Wildman–Crippen MR) is 177 cm³/mol. The number of aliphatic hydroxyl groups is 2. The molecule has 2 N–H and O–H groups in total. The van der Waals surface area contributed by atoms with Gasteiger partial charge >= 0.3 is 0 Å². The second-order valence-electron chi connectivity index (χ2n) is 17.9. The van der Waals surface area contributed by atoms with Gasteiger partial charge in [0.2, 0.25) is 23.0 Å². The van der Waals surface area contributed by atoms with E-state index in [9.17, 15) is 24.6 Å². The van der Waals surface area contributed by atoms with Crippen molar-refractivity contribution < 1.29 is 38.9 Å². The molecular formula is C40H48O8. The molecule has 1 spiro atoms. The molecule has 0 bridgehead atoms. The van der Waals surface area contributed by atoms with Gasteiger partial charge in [-0.05, 0) is 48.3 Å². The quantitative estimate of drug-likeness (QED) is 0.237. The number of fused-ring (bicyclic) bond motifs is 6. The molecular weight excluding hydrogens is 608 g/mol. The van der Waals surface area contributed by atoms with Crippen molar-refractivity contribution in [3.8, 4) is 0 Å². The van der Waals surface area contributed by atoms with Gasteiger partial charge in [-0.1, -0.05) is 82.1 Å². The maximum absolute atomic E-state index is 15.8. The zero-order chi connectivity index (χ0) is 35.4. The van der Waals surface area contributed by atoms with Gasteiger partial charge in [0.15, 0.2) is 17.3 Å². The van der Waals surface area contributed by atoms with Crippen LogP contribution in [-0.4, -0.2) is 44.7 Å². The van der Waals surface area contributed by atoms with Crippen molar-refractivity contribution in [1.29, 1.82) is 0 Å². The van der Waals surface area contributed by atoms with Gasteiger partial charge in [0.05, 0.1) is 11.1 Å². The average Bonchev–Trinajstić information content (AvgIpc) is 3.28. The largest absolute Gasteiger partial charge is 0.507 e. The fraction of sp³-hybridized carbons (Fsp3) is 0.625. The minimum atomic E-state index is -2.29. The molecule has 1 heterocycles. The highest BCUT2D eigenvalue weighted by molar-refractivity contribution is 6.51. The van der Waals surface area contributed by atoms with E-state index in [0.717, 1.165) is 6.42 Å². The monoisotopic (exact) mass is 656 g/mol. The first-order valence-electron chi connectivity index (χ1n) is 17.7. The highest BCUT2D eigenvalue weighted by Crippen LogP contribution is 2.71. The summed E-state index contributed by atoms with van der Waals surface area (Å²) < 4.78 is 6.99. The van der Waals surface area contributed by atoms with Crippen LogP contribution in [0.4, 0.5) is 0 Å². The van der Waals surface area contributed by atoms with Crippen molar-refractivity contribution >= 4 is 28.9 Å². The van der Waals surface area contributed by atoms with Crippen LogP contribution in [0.1, 0.15) is 108 Å². The van der Waals surface area contributed by atoms with Crippen molar-refractivity contribution in [2.45, 2.75) is 113 Å². The molecule has 0 amide bonds. The van der Waals surface area contributed by atoms with Gasteiger partial charge in [-0.25, -0.2) is 0 Å². The lowest BCUT2D eigenvalue weighted by atomic mass is 9.43. The summed E-state index contributed by atoms with van der Waals surface area (Å²) in [4.78, 5) is 74.0. The Labute approximate surface area is 282 Å². The summed E-state index contributed by atoms with van der Waals surface area (Å²) in [5.74, 6) is -6.48. The second kappa shape index (κ2) is 9.57. The van der Waals surface area contributed by atoms with Gasteiger partial charge in [-0.2, -0.15) is 0 Å². The number of ether oxygens (including phenoxy) is 1. The van der Waals surface area contributed by atoms with E-state index in [-0.39, 0.29) is 45.0 Å². The van der Waals surface area contributed by atoms with Gasteiger partial charge in [0.1, 0.15) is 11.5 Å². The van der Waals surface area contributed by atoms with Crippen LogP contribution in [0, 0.1) is 45.3 Å². The minimum absolute atomic E-state index is 0.0140. The lowest BCUT2D eigenvalue weighted by Crippen LogP contribution is -2.65. The van der Waals surface area contributed by atoms with E-state index in [1.54, 1.807) is 27.7 Å². The first kappa shape index (κ1) is 33.0. The maximum Gasteiger partial charge on any atom is 0.233 e. The standard InChI is InChI=1S/C40H48O8/c1-17(2)19-26(41)25-24(30(45)27(19)42)39(10)16-12-14-37(7,8)34(39)35(47)40(25)23-21-22(29(44)28(43)20(18(3)4)32(21)48-40)38(9)15-11-13-36(5,6)33(38)31(23)46/h17-18,33-34,41,44H,11-16H2,1-10H3/t33-,34-,38+,39+,40-/m0/s1. The number of allylic oxidation sites excluding steroid dienone is 4. The van der Waals surface area contributed by atoms with Crippen LogP contribution >= 0.6 is 0 Å². The van der Waals surface area contributed by atoms with Crippen molar-refractivity contribution in [2.24, 2.45) is 45.3 Å². The van der Waals surface area contributed by atoms with Crippen LogP contribution in [0.3, 0.4) is 0 Å². The Hall–Kier alpha value is -3.55. The number of carbonyl (C=O) groups is 5. The summed E-state index contributed by atoms with van der Waals surface area (Å²) in [6.07, 6.45) is 3.81. The number of hydrogen-bond donors (Lipinski definition) is 2. The lowest BCUT2D eigenvalue weighted by molar-refractivity contribution is -0.155. The van der Waals surface area contributed by atoms with Crippen molar-refractivity contribution in [3.63, 3.8) is 0 Å². The van der Waals surface area contributed by atoms with Crippen molar-refractivity contribution in [2.75, 3.05) is 0 Å². The van der Waals surface area contributed by atoms with Gasteiger partial charge < -0.3 is 14.9 Å². The Bertz CT molecular complexity index is 1850. The third-order valence-corrected chi connectivity index (χ3v) is 13.3. The molecule has 0 aromatic rings. The predicted octanol–water partition coefficient (Wildman–Crippen LogP) is 7.10. The first-order chi connectivity index (χ1) is 22.1. The normalized spacial score (nSPS) is 37.1. The molecule has 2 saturated carbocycles. The van der Waals surface area contributed by atoms with Gasteiger partial charge in [0, 0.05) is 50.5 Å². The topological polar surface area (TPSA) is 135 Å². The Kier molecular flexibility index (Phi) is 6.57. The van der Waals surface area contributed by atoms with E-state index in [2.05, 4.69) is 0 Å². The Morgan fingerprint density at radius 1 is 0.604 bits per heavy atom. The molecule has 256 valence electrons. The SMILES string of the molecule is CC(C)C1=C(O)C2=C(C(=O)C1=O)[C@@]1(C)CCCC(C)(C)[C@@H]1C(=O)[C@@]21OC2=C(C(C)C)C(=O)C(O)=C3C2=C1C(=O)[C@H]1C(C)(C)CCC[C@]31C. The van der Waals surface area contributed by atoms with E-state index in [1.807, 2.05) is 41.5 Å². The Morgan fingerprint density at radius 2 is 1.12 bits per heavy atom. The van der Waals surface area contributed by atoms with Gasteiger partial charge in [0.25, 0.3) is 0 Å². The molecule has 8 heteroatoms. The van der Waals surface area contributed by atoms with Crippen LogP contribution in [0.15, 0.2) is 56.3 Å². The summed E-state index contributed by atoms with van der Waals surface area (Å²) in [6.45, 7) is 18.7. The van der Waals surface area contributed by atoms with Crippen LogP contribution in [-0.2, 0) is 28.7 Å². The molecule has 0 radical (unpaired) electrons. The molecule has 0 unspecified atom stereocenters. The number of ketones is 5. The lowest BCUT2D eigenvalue weighted by Gasteiger charge is -2.58. The van der Waals surface area contributed by atoms with Crippen LogP contribution in [0.5, 0.6) is 0 Å². The number of Topliss-reactive ketones (excluding diaryl/α,β-unsaturated/α-hetero) is 5. The number of aliphatic hydroxyl groups excluding tert-OH is 2. The smallest absolute Gasteiger partial charge is 0.233 e. The highest BCUT2D eigenvalue weighted by Gasteiger charge is 2.75. The van der Waals surface area contributed by atoms with E-state index in [4.69, 9.17) is 4.74 Å². The zero-order valence-electron chi connectivity index (χ0n) is 29.9. The first-order valence-corrected chi connectivity index (χ1v) is 17.7. The molecule has 2 fully saturated rings. The number of carbonyl (C=O) groups excluding carboxylic acids is 5. The number of rotatable bonds is 2. The summed E-state index contributed by atoms with van der Waals surface area (Å²) >= 11 is 0. The molecule has 5 atom stereocenters. The fourth-order valence-electron chi connectivity index (χ4n) is 11.7. The van der Waals surface area contributed by atoms with Crippen LogP contribution < -0.4 is 0 Å². The molecule has 1 aliphatic heterocycles. The molecule has 0 aromatic carbocycles. The molecule has 0 saturated heterocycles. The molecule has 7 rings (SSSR count). The number of hydrogen-bond acceptors (Lipinski definition) is 8. The highest BCUT2D eigenvalue weighted by atomic mass is 16.5. The molecule has 48 heavy (non-hydrogen) atoms. The summed E-state index contributed by atoms with van der Waals surface area (Å²) in [5, 5.41) is 24.2. The minimum Gasteiger partial charge on any atom is -0.507 e. The Morgan fingerprint density at radius 3 is 1.67 bits per heavy atom. The maximum atomic E-state index is 15.8. The second-order valence-corrected chi connectivity index (χ2v) is 17.9. The summed E-state index contributed by atoms with van der Waals surface area (Å²) in [7, 11) is 0. The van der Waals surface area contributed by atoms with Crippen molar-refractivity contribution in [1.82, 2.24) is 0 Å². The molecule has 0 aromatic heterocycles. The van der Waals surface area contributed by atoms with E-state index >= 15 is 9.59 Å². The van der Waals surface area contributed by atoms with Crippen molar-refractivity contribution in [3.05, 3.63) is 56.3 Å². The summed E-state index contributed by atoms with van der Waals surface area (Å²) in [6, 6.07) is 0. The third-order valence-electron chi connectivity index (χ3n) is 13.3. The molecule has 6 aliphatic carbocycles. The van der Waals surface area contributed by atoms with Gasteiger partial charge in [-0.3, -0.25) is 24.0 Å². The molecule has 8 nitrogen and oxygen atoms in total. The zero-order valence-corrected chi connectivity index (χ0v) is 29.9. The Balaban J connectivity index is 1.72. The molecule has 7 aliphatic rings. The van der Waals surface area contributed by atoms with Crippen LogP contribution in [0.2, 0.25) is 0 Å². The third kappa shape index (κ3) is 3.54. The fourth-order valence-corrected chi connectivity index (χ4v) is 11.7. The van der Waals surface area contributed by atoms with E-state index in [0.29, 0.717) is 37.7 Å². The summed E-state index contributed by atoms with van der Waals surface area (Å²) in [5.41, 5.74) is -5.11. The van der Waals surface area contributed by atoms with Crippen LogP contribution in [0.25, 0.3) is 0 Å². The van der Waals surface area contributed by atoms with Gasteiger partial charge in [-0.15, -0.1) is 0 Å². The van der Waals surface area contributed by atoms with E-state index in [1.165, 1.54) is 0 Å².